The third-order valence-electron chi connectivity index (χ3n) is 6.81. The standard InChI is InChI=1S/C29H30N4O5/c1-18(2)26(27(34)30-16-22-13-8-14-37-22)33-17-23-24(28(33)35)25(31-29(36)32(23)3)19-9-7-12-21(15-19)38-20-10-5-4-6-11-20/h4-15,18,25-26H,16-17H2,1-3H3,(H,30,34)(H,31,36)/t25-,26-/m0/s1. The quantitative estimate of drug-likeness (QED) is 0.469. The Bertz CT molecular complexity index is 1370. The van der Waals surface area contributed by atoms with Gasteiger partial charge in [-0.25, -0.2) is 4.79 Å². The van der Waals surface area contributed by atoms with Crippen molar-refractivity contribution in [2.45, 2.75) is 32.5 Å². The van der Waals surface area contributed by atoms with Gasteiger partial charge in [-0.3, -0.25) is 14.5 Å². The first-order chi connectivity index (χ1) is 18.3. The van der Waals surface area contributed by atoms with Crippen molar-refractivity contribution in [2.24, 2.45) is 5.92 Å². The third-order valence-corrected chi connectivity index (χ3v) is 6.81. The molecule has 0 bridgehead atoms. The van der Waals surface area contributed by atoms with Gasteiger partial charge in [-0.1, -0.05) is 44.2 Å². The van der Waals surface area contributed by atoms with E-state index in [-0.39, 0.29) is 36.9 Å². The van der Waals surface area contributed by atoms with Crippen molar-refractivity contribution in [1.82, 2.24) is 20.4 Å². The fraction of sp³-hybridized carbons (Fsp3) is 0.276. The van der Waals surface area contributed by atoms with Crippen LogP contribution in [0.25, 0.3) is 0 Å². The van der Waals surface area contributed by atoms with Gasteiger partial charge in [-0.05, 0) is 47.9 Å². The Morgan fingerprint density at radius 3 is 2.55 bits per heavy atom. The second-order valence-electron chi connectivity index (χ2n) is 9.71. The molecular weight excluding hydrogens is 484 g/mol. The zero-order chi connectivity index (χ0) is 26.8. The Labute approximate surface area is 221 Å². The lowest BCUT2D eigenvalue weighted by Crippen LogP contribution is -2.51. The number of carbonyl (C=O) groups is 3. The summed E-state index contributed by atoms with van der Waals surface area (Å²) in [5, 5.41) is 5.83. The molecule has 9 heteroatoms. The number of rotatable bonds is 8. The van der Waals surface area contributed by atoms with Gasteiger partial charge in [0.05, 0.1) is 36.7 Å². The predicted octanol–water partition coefficient (Wildman–Crippen LogP) is 4.21. The summed E-state index contributed by atoms with van der Waals surface area (Å²) in [5.74, 6) is 1.17. The van der Waals surface area contributed by atoms with Gasteiger partial charge in [0.25, 0.3) is 5.91 Å². The van der Waals surface area contributed by atoms with E-state index in [1.165, 1.54) is 4.90 Å². The average molecular weight is 515 g/mol. The van der Waals surface area contributed by atoms with Crippen LogP contribution in [0, 0.1) is 5.92 Å². The molecule has 0 aliphatic carbocycles. The molecule has 3 heterocycles. The second-order valence-corrected chi connectivity index (χ2v) is 9.71. The lowest BCUT2D eigenvalue weighted by molar-refractivity contribution is -0.138. The first-order valence-corrected chi connectivity index (χ1v) is 12.5. The molecule has 0 radical (unpaired) electrons. The van der Waals surface area contributed by atoms with Gasteiger partial charge in [0.2, 0.25) is 5.91 Å². The molecule has 38 heavy (non-hydrogen) atoms. The molecule has 4 amide bonds. The number of hydrogen-bond donors (Lipinski definition) is 2. The van der Waals surface area contributed by atoms with E-state index < -0.39 is 12.1 Å². The molecule has 0 spiro atoms. The maximum Gasteiger partial charge on any atom is 0.322 e. The highest BCUT2D eigenvalue weighted by Gasteiger charge is 2.47. The molecule has 0 saturated carbocycles. The molecule has 2 N–H and O–H groups in total. The number of likely N-dealkylation sites (N-methyl/N-ethyl adjacent to an activating group) is 1. The van der Waals surface area contributed by atoms with Gasteiger partial charge in [0, 0.05) is 7.05 Å². The summed E-state index contributed by atoms with van der Waals surface area (Å²) in [6.07, 6.45) is 1.54. The first-order valence-electron chi connectivity index (χ1n) is 12.5. The largest absolute Gasteiger partial charge is 0.467 e. The zero-order valence-electron chi connectivity index (χ0n) is 21.5. The molecule has 9 nitrogen and oxygen atoms in total. The van der Waals surface area contributed by atoms with Crippen LogP contribution < -0.4 is 15.4 Å². The topological polar surface area (TPSA) is 104 Å². The molecule has 1 aromatic heterocycles. The number of urea groups is 1. The SMILES string of the molecule is CC(C)[C@@H](C(=O)NCc1ccco1)N1CC2=C(C1=O)[C@H](c1cccc(Oc3ccccc3)c1)NC(=O)N2C. The van der Waals surface area contributed by atoms with Crippen LogP contribution in [0.4, 0.5) is 4.79 Å². The van der Waals surface area contributed by atoms with Crippen LogP contribution in [0.5, 0.6) is 11.5 Å². The number of benzene rings is 2. The summed E-state index contributed by atoms with van der Waals surface area (Å²) in [6.45, 7) is 4.18. The number of furan rings is 1. The monoisotopic (exact) mass is 514 g/mol. The van der Waals surface area contributed by atoms with E-state index in [2.05, 4.69) is 10.6 Å². The van der Waals surface area contributed by atoms with Gasteiger partial charge >= 0.3 is 6.03 Å². The van der Waals surface area contributed by atoms with E-state index in [4.69, 9.17) is 9.15 Å². The minimum Gasteiger partial charge on any atom is -0.467 e. The third kappa shape index (κ3) is 4.87. The molecule has 2 aliphatic heterocycles. The van der Waals surface area contributed by atoms with E-state index in [0.29, 0.717) is 34.1 Å². The van der Waals surface area contributed by atoms with E-state index in [0.717, 1.165) is 0 Å². The number of ether oxygens (including phenoxy) is 1. The Hall–Kier alpha value is -4.53. The van der Waals surface area contributed by atoms with Crippen molar-refractivity contribution < 1.29 is 23.5 Å². The molecule has 5 rings (SSSR count). The van der Waals surface area contributed by atoms with Crippen LogP contribution in [0.1, 0.15) is 31.2 Å². The number of hydrogen-bond acceptors (Lipinski definition) is 5. The molecule has 0 saturated heterocycles. The second kappa shape index (κ2) is 10.5. The number of nitrogens with zero attached hydrogens (tertiary/aromatic N) is 2. The minimum atomic E-state index is -0.722. The van der Waals surface area contributed by atoms with Gasteiger partial charge in [-0.2, -0.15) is 0 Å². The Morgan fingerprint density at radius 2 is 1.84 bits per heavy atom. The zero-order valence-corrected chi connectivity index (χ0v) is 21.5. The summed E-state index contributed by atoms with van der Waals surface area (Å²) < 4.78 is 11.3. The van der Waals surface area contributed by atoms with Crippen molar-refractivity contribution in [1.29, 1.82) is 0 Å². The molecular formula is C29H30N4O5. The maximum absolute atomic E-state index is 13.9. The van der Waals surface area contributed by atoms with Gasteiger partial charge in [0.15, 0.2) is 0 Å². The van der Waals surface area contributed by atoms with Crippen LogP contribution in [0.2, 0.25) is 0 Å². The molecule has 0 unspecified atom stereocenters. The molecule has 196 valence electrons. The smallest absolute Gasteiger partial charge is 0.322 e. The number of carbonyl (C=O) groups excluding carboxylic acids is 3. The molecule has 3 aromatic rings. The Kier molecular flexibility index (Phi) is 6.91. The highest BCUT2D eigenvalue weighted by atomic mass is 16.5. The van der Waals surface area contributed by atoms with Crippen molar-refractivity contribution in [3.8, 4) is 11.5 Å². The van der Waals surface area contributed by atoms with Crippen LogP contribution in [-0.2, 0) is 16.1 Å². The molecule has 2 atom stereocenters. The van der Waals surface area contributed by atoms with Crippen LogP contribution >= 0.6 is 0 Å². The van der Waals surface area contributed by atoms with E-state index in [9.17, 15) is 14.4 Å². The first kappa shape index (κ1) is 25.1. The molecule has 0 fully saturated rings. The van der Waals surface area contributed by atoms with Gasteiger partial charge < -0.3 is 24.7 Å². The van der Waals surface area contributed by atoms with Crippen molar-refractivity contribution >= 4 is 17.8 Å². The highest BCUT2D eigenvalue weighted by molar-refractivity contribution is 6.03. The van der Waals surface area contributed by atoms with E-state index in [1.54, 1.807) is 30.3 Å². The molecule has 2 aromatic carbocycles. The number of nitrogens with one attached hydrogen (secondary N) is 2. The van der Waals surface area contributed by atoms with Crippen LogP contribution in [0.15, 0.2) is 88.7 Å². The van der Waals surface area contributed by atoms with Gasteiger partial charge in [-0.15, -0.1) is 0 Å². The fourth-order valence-corrected chi connectivity index (χ4v) is 4.94. The summed E-state index contributed by atoms with van der Waals surface area (Å²) >= 11 is 0. The lowest BCUT2D eigenvalue weighted by Gasteiger charge is -2.31. The normalized spacial score (nSPS) is 17.9. The minimum absolute atomic E-state index is 0.159. The number of amides is 4. The highest BCUT2D eigenvalue weighted by Crippen LogP contribution is 2.38. The lowest BCUT2D eigenvalue weighted by atomic mass is 9.95. The fourth-order valence-electron chi connectivity index (χ4n) is 4.94. The summed E-state index contributed by atoms with van der Waals surface area (Å²) in [4.78, 5) is 43.1. The molecule has 2 aliphatic rings. The Morgan fingerprint density at radius 1 is 1.08 bits per heavy atom. The van der Waals surface area contributed by atoms with Crippen molar-refractivity contribution in [2.75, 3.05) is 13.6 Å². The van der Waals surface area contributed by atoms with Crippen LogP contribution in [0.3, 0.4) is 0 Å². The van der Waals surface area contributed by atoms with E-state index >= 15 is 0 Å². The van der Waals surface area contributed by atoms with Crippen LogP contribution in [-0.4, -0.2) is 47.3 Å². The van der Waals surface area contributed by atoms with Crippen molar-refractivity contribution in [3.05, 3.63) is 95.6 Å². The predicted molar refractivity (Wildman–Crippen MR) is 140 cm³/mol. The summed E-state index contributed by atoms with van der Waals surface area (Å²) in [5.41, 5.74) is 1.75. The Balaban J connectivity index is 1.41. The van der Waals surface area contributed by atoms with E-state index in [1.807, 2.05) is 68.4 Å². The summed E-state index contributed by atoms with van der Waals surface area (Å²) in [7, 11) is 1.63. The number of para-hydroxylation sites is 1. The average Bonchev–Trinajstić information content (AvgIpc) is 3.54. The maximum atomic E-state index is 13.9. The van der Waals surface area contributed by atoms with Gasteiger partial charge in [0.1, 0.15) is 23.3 Å². The van der Waals surface area contributed by atoms with Crippen molar-refractivity contribution in [3.63, 3.8) is 0 Å². The summed E-state index contributed by atoms with van der Waals surface area (Å²) in [6, 6.07) is 18.5.